The summed E-state index contributed by atoms with van der Waals surface area (Å²) in [6.45, 7) is 17.0. The van der Waals surface area contributed by atoms with Crippen LogP contribution in [0.5, 0.6) is 0 Å². The van der Waals surface area contributed by atoms with E-state index >= 15 is 0 Å². The number of carbonyl (C=O) groups is 2. The number of hydrogen-bond donors (Lipinski definition) is 3. The Balaban J connectivity index is 1.89. The lowest BCUT2D eigenvalue weighted by molar-refractivity contribution is -0.116. The summed E-state index contributed by atoms with van der Waals surface area (Å²) < 4.78 is 0. The van der Waals surface area contributed by atoms with Crippen molar-refractivity contribution in [3.63, 3.8) is 0 Å². The van der Waals surface area contributed by atoms with Crippen molar-refractivity contribution in [3.05, 3.63) is 72.3 Å². The maximum atomic E-state index is 12.6. The maximum absolute atomic E-state index is 12.6. The van der Waals surface area contributed by atoms with Crippen molar-refractivity contribution in [2.45, 2.75) is 107 Å². The summed E-state index contributed by atoms with van der Waals surface area (Å²) >= 11 is 0. The first kappa shape index (κ1) is 30.3. The molecule has 0 saturated heterocycles. The van der Waals surface area contributed by atoms with Crippen LogP contribution in [0.25, 0.3) is 18.2 Å². The normalized spacial score (nSPS) is 17.7. The van der Waals surface area contributed by atoms with Gasteiger partial charge in [0.05, 0.1) is 5.71 Å². The van der Waals surface area contributed by atoms with Crippen LogP contribution in [0.1, 0.15) is 115 Å². The zero-order valence-corrected chi connectivity index (χ0v) is 26.2. The Morgan fingerprint density at radius 2 is 1.05 bits per heavy atom. The summed E-state index contributed by atoms with van der Waals surface area (Å²) in [7, 11) is 0. The summed E-state index contributed by atoms with van der Waals surface area (Å²) in [5.74, 6) is -0.0701. The Kier molecular flexibility index (Phi) is 9.52. The van der Waals surface area contributed by atoms with Crippen molar-refractivity contribution in [3.8, 4) is 0 Å². The number of aromatic amines is 2. The van der Waals surface area contributed by atoms with Gasteiger partial charge in [0.2, 0.25) is 0 Å². The highest BCUT2D eigenvalue weighted by Crippen LogP contribution is 2.30. The van der Waals surface area contributed by atoms with Crippen LogP contribution in [-0.4, -0.2) is 27.5 Å². The van der Waals surface area contributed by atoms with Gasteiger partial charge < -0.3 is 15.3 Å². The van der Waals surface area contributed by atoms with E-state index < -0.39 is 0 Å². The van der Waals surface area contributed by atoms with Crippen molar-refractivity contribution in [2.75, 3.05) is 0 Å². The number of amides is 2. The predicted octanol–water partition coefficient (Wildman–Crippen LogP) is 5.89. The first-order chi connectivity index (χ1) is 19.8. The molecule has 218 valence electrons. The lowest BCUT2D eigenvalue weighted by Crippen LogP contribution is -2.16. The Bertz CT molecular complexity index is 1620. The van der Waals surface area contributed by atoms with E-state index in [1.165, 1.54) is 22.3 Å². The van der Waals surface area contributed by atoms with Crippen LogP contribution in [0.3, 0.4) is 0 Å². The lowest BCUT2D eigenvalue weighted by Gasteiger charge is -2.05. The smallest absolute Gasteiger partial charge is 0.273 e. The third-order valence-corrected chi connectivity index (χ3v) is 8.62. The highest BCUT2D eigenvalue weighted by molar-refractivity contribution is 6.31. The molecular formula is C35H46N4O2. The quantitative estimate of drug-likeness (QED) is 0.323. The lowest BCUT2D eigenvalue weighted by atomic mass is 10.00. The van der Waals surface area contributed by atoms with Gasteiger partial charge in [0.25, 0.3) is 11.8 Å². The molecule has 2 aliphatic heterocycles. The fourth-order valence-corrected chi connectivity index (χ4v) is 6.66. The van der Waals surface area contributed by atoms with Gasteiger partial charge in [-0.05, 0) is 103 Å². The molecule has 2 aliphatic rings. The van der Waals surface area contributed by atoms with Gasteiger partial charge in [0.1, 0.15) is 0 Å². The summed E-state index contributed by atoms with van der Waals surface area (Å²) in [6, 6.07) is 0. The van der Waals surface area contributed by atoms with Crippen LogP contribution < -0.4 is 16.0 Å². The van der Waals surface area contributed by atoms with Gasteiger partial charge >= 0.3 is 0 Å². The van der Waals surface area contributed by atoms with Crippen molar-refractivity contribution >= 4 is 35.8 Å². The summed E-state index contributed by atoms with van der Waals surface area (Å²) in [5.41, 5.74) is 12.9. The monoisotopic (exact) mass is 554 g/mol. The minimum absolute atomic E-state index is 0.0262. The first-order valence-corrected chi connectivity index (χ1v) is 15.6. The van der Waals surface area contributed by atoms with Crippen LogP contribution >= 0.6 is 0 Å². The van der Waals surface area contributed by atoms with Gasteiger partial charge in [-0.15, -0.1) is 0 Å². The Morgan fingerprint density at radius 3 is 1.56 bits per heavy atom. The molecule has 2 aromatic heterocycles. The molecule has 0 atom stereocenters. The summed E-state index contributed by atoms with van der Waals surface area (Å²) in [5, 5.41) is 5.23. The van der Waals surface area contributed by atoms with Crippen LogP contribution in [0, 0.1) is 0 Å². The van der Waals surface area contributed by atoms with Gasteiger partial charge in [-0.3, -0.25) is 9.59 Å². The van der Waals surface area contributed by atoms with Crippen LogP contribution in [0.2, 0.25) is 0 Å². The fourth-order valence-electron chi connectivity index (χ4n) is 6.66. The second kappa shape index (κ2) is 12.9. The predicted molar refractivity (Wildman–Crippen MR) is 170 cm³/mol. The Hall–Kier alpha value is -3.67. The number of nitrogens with one attached hydrogen (secondary N) is 3. The molecule has 2 amide bonds. The highest BCUT2D eigenvalue weighted by atomic mass is 16.2. The van der Waals surface area contributed by atoms with E-state index in [1.807, 2.05) is 13.8 Å². The van der Waals surface area contributed by atoms with E-state index in [-0.39, 0.29) is 11.8 Å². The molecule has 0 saturated carbocycles. The third kappa shape index (κ3) is 5.49. The molecule has 0 unspecified atom stereocenters. The molecule has 0 radical (unpaired) electrons. The van der Waals surface area contributed by atoms with E-state index in [4.69, 9.17) is 0 Å². The van der Waals surface area contributed by atoms with Gasteiger partial charge in [-0.1, -0.05) is 55.4 Å². The first-order valence-electron chi connectivity index (χ1n) is 15.6. The molecule has 41 heavy (non-hydrogen) atoms. The maximum Gasteiger partial charge on any atom is 0.273 e. The van der Waals surface area contributed by atoms with Crippen LogP contribution in [-0.2, 0) is 35.3 Å². The zero-order valence-electron chi connectivity index (χ0n) is 26.2. The fraction of sp³-hybridized carbons (Fsp3) is 0.457. The Labute approximate surface area is 244 Å². The number of H-pyrrole nitrogens is 2. The molecule has 0 fully saturated rings. The second-order valence-electron chi connectivity index (χ2n) is 10.7. The number of nitrogens with zero attached hydrogens (tertiary/aromatic N) is 1. The minimum Gasteiger partial charge on any atom is -0.355 e. The molecular weight excluding hydrogens is 508 g/mol. The van der Waals surface area contributed by atoms with E-state index in [9.17, 15) is 9.59 Å². The van der Waals surface area contributed by atoms with Gasteiger partial charge in [0.15, 0.2) is 0 Å². The van der Waals surface area contributed by atoms with Crippen molar-refractivity contribution in [1.29, 1.82) is 0 Å². The second-order valence-corrected chi connectivity index (χ2v) is 10.7. The van der Waals surface area contributed by atoms with Gasteiger partial charge in [0, 0.05) is 38.9 Å². The Morgan fingerprint density at radius 1 is 0.537 bits per heavy atom. The topological polar surface area (TPSA) is 90.1 Å². The molecule has 3 N–H and O–H groups in total. The highest BCUT2D eigenvalue weighted by Gasteiger charge is 2.26. The van der Waals surface area contributed by atoms with Crippen LogP contribution in [0.15, 0.2) is 33.0 Å². The van der Waals surface area contributed by atoms with Crippen molar-refractivity contribution in [1.82, 2.24) is 15.3 Å². The summed E-state index contributed by atoms with van der Waals surface area (Å²) in [6.07, 6.45) is 13.1. The van der Waals surface area contributed by atoms with Crippen molar-refractivity contribution in [2.24, 2.45) is 4.99 Å². The van der Waals surface area contributed by atoms with E-state index in [1.54, 1.807) is 0 Å². The average molecular weight is 555 g/mol. The molecule has 6 nitrogen and oxygen atoms in total. The number of carbonyl (C=O) groups excluding carboxylic acids is 2. The SMILES string of the molecule is CCC1=C(CC)C(C=c2[nH]/c(=C\c3[nH]c(/C=C4\NC(=O)C(CC)=C4CC)c(CC)c3CC)c(CC)c2CC)=NC1=O. The standard InChI is InChI=1S/C35H46N4O2/c1-9-20-22(11-3)30(18-32-24(13-5)26(15-7)34(40)38-32)36-28(20)17-29-21(10-2)23(12-4)31(37-29)19-33-25(14-6)27(16-8)35(41)39-33/h17-19,36-37H,9-16H2,1-8H3,(H,38,40)/b29-17-,31-19?,32-18-. The molecule has 2 aromatic rings. The number of hydrogen-bond acceptors (Lipinski definition) is 2. The average Bonchev–Trinajstić information content (AvgIpc) is 3.67. The third-order valence-electron chi connectivity index (χ3n) is 8.62. The van der Waals surface area contributed by atoms with E-state index in [0.29, 0.717) is 6.42 Å². The number of aromatic nitrogens is 2. The zero-order chi connectivity index (χ0) is 29.8. The van der Waals surface area contributed by atoms with Gasteiger partial charge in [-0.2, -0.15) is 0 Å². The molecule has 4 heterocycles. The van der Waals surface area contributed by atoms with E-state index in [2.05, 4.69) is 80.0 Å². The number of rotatable bonds is 11. The van der Waals surface area contributed by atoms with Crippen molar-refractivity contribution < 1.29 is 9.59 Å². The molecule has 6 heteroatoms. The largest absolute Gasteiger partial charge is 0.355 e. The molecule has 4 rings (SSSR count). The number of aliphatic imine (C=N–C) groups is 1. The minimum atomic E-state index is -0.0963. The van der Waals surface area contributed by atoms with Crippen LogP contribution in [0.4, 0.5) is 0 Å². The molecule has 0 aromatic carbocycles. The van der Waals surface area contributed by atoms with Gasteiger partial charge in [-0.25, -0.2) is 4.99 Å². The number of allylic oxidation sites excluding steroid dienone is 2. The molecule has 0 spiro atoms. The van der Waals surface area contributed by atoms with E-state index in [0.717, 1.165) is 101 Å². The summed E-state index contributed by atoms with van der Waals surface area (Å²) in [4.78, 5) is 36.9. The molecule has 0 bridgehead atoms. The molecule has 0 aliphatic carbocycles.